The summed E-state index contributed by atoms with van der Waals surface area (Å²) < 4.78 is 0. The summed E-state index contributed by atoms with van der Waals surface area (Å²) in [6.45, 7) is 0.769. The van der Waals surface area contributed by atoms with E-state index >= 15 is 0 Å². The number of carbonyl (C=O) groups excluding carboxylic acids is 2. The first-order valence-corrected chi connectivity index (χ1v) is 17.9. The van der Waals surface area contributed by atoms with Gasteiger partial charge in [0, 0.05) is 34.7 Å². The number of hydrogen-bond donors (Lipinski definition) is 2. The van der Waals surface area contributed by atoms with E-state index in [-0.39, 0.29) is 11.8 Å². The molecule has 2 fully saturated rings. The van der Waals surface area contributed by atoms with Gasteiger partial charge in [-0.3, -0.25) is 9.68 Å². The lowest BCUT2D eigenvalue weighted by molar-refractivity contribution is 0.148. The number of benzene rings is 4. The first-order chi connectivity index (χ1) is 24.1. The zero-order chi connectivity index (χ0) is 33.7. The molecule has 0 saturated heterocycles. The van der Waals surface area contributed by atoms with Gasteiger partial charge in [-0.1, -0.05) is 133 Å². The Bertz CT molecular complexity index is 1590. The van der Waals surface area contributed by atoms with Crippen LogP contribution in [0.1, 0.15) is 73.6 Å². The van der Waals surface area contributed by atoms with E-state index in [1.54, 1.807) is 11.8 Å². The molecule has 252 valence electrons. The molecule has 2 N–H and O–H groups in total. The average molecular weight is 675 g/mol. The number of rotatable bonds is 12. The third-order valence-electron chi connectivity index (χ3n) is 9.03. The Morgan fingerprint density at radius 3 is 1.29 bits per heavy atom. The molecule has 49 heavy (non-hydrogen) atoms. The monoisotopic (exact) mass is 674 g/mol. The van der Waals surface area contributed by atoms with Gasteiger partial charge in [0.2, 0.25) is 0 Å². The Labute approximate surface area is 292 Å². The summed E-state index contributed by atoms with van der Waals surface area (Å²) in [5, 5.41) is 14.3. The smallest absolute Gasteiger partial charge is 0.316 e. The predicted octanol–water partition coefficient (Wildman–Crippen LogP) is 9.48. The van der Waals surface area contributed by atoms with Crippen LogP contribution in [-0.2, 0) is 22.8 Å². The molecule has 2 aliphatic carbocycles. The van der Waals surface area contributed by atoms with Gasteiger partial charge in [-0.05, 0) is 72.2 Å². The molecule has 0 bridgehead atoms. The lowest BCUT2D eigenvalue weighted by atomic mass is 9.95. The van der Waals surface area contributed by atoms with E-state index in [1.807, 2.05) is 60.7 Å². The molecule has 4 aromatic carbocycles. The van der Waals surface area contributed by atoms with E-state index in [9.17, 15) is 9.59 Å². The molecule has 2 aliphatic rings. The largest absolute Gasteiger partial charge is 0.433 e. The molecule has 9 heteroatoms. The average Bonchev–Trinajstić information content (AvgIpc) is 3.88. The molecule has 0 spiro atoms. The van der Waals surface area contributed by atoms with Crippen molar-refractivity contribution in [1.29, 1.82) is 0 Å². The highest BCUT2D eigenvalue weighted by atomic mass is 32.2. The number of carbonyl (C=O) groups is 2. The summed E-state index contributed by atoms with van der Waals surface area (Å²) in [4.78, 5) is 37.7. The van der Waals surface area contributed by atoms with Gasteiger partial charge in [0.25, 0.3) is 0 Å². The number of amides is 2. The van der Waals surface area contributed by atoms with E-state index in [2.05, 4.69) is 69.5 Å². The van der Waals surface area contributed by atoms with Crippen molar-refractivity contribution < 1.29 is 19.3 Å². The normalized spacial score (nSPS) is 15.6. The quantitative estimate of drug-likeness (QED) is 0.0886. The maximum atomic E-state index is 12.4. The van der Waals surface area contributed by atoms with Crippen LogP contribution in [0.3, 0.4) is 0 Å². The van der Waals surface area contributed by atoms with E-state index < -0.39 is 12.2 Å². The Kier molecular flexibility index (Phi) is 12.1. The molecule has 6 rings (SSSR count). The van der Waals surface area contributed by atoms with Crippen LogP contribution in [0, 0.1) is 11.8 Å². The van der Waals surface area contributed by atoms with Crippen LogP contribution in [0.15, 0.2) is 129 Å². The molecular formula is C40H42N4O4S. The highest BCUT2D eigenvalue weighted by Gasteiger charge is 2.25. The topological polar surface area (TPSA) is 101 Å². The highest BCUT2D eigenvalue weighted by molar-refractivity contribution is 7.99. The van der Waals surface area contributed by atoms with Crippen LogP contribution in [0.2, 0.25) is 0 Å². The number of oxime groups is 2. The summed E-state index contributed by atoms with van der Waals surface area (Å²) in [5.41, 5.74) is 5.57. The van der Waals surface area contributed by atoms with Crippen molar-refractivity contribution in [2.45, 2.75) is 74.2 Å². The fourth-order valence-electron chi connectivity index (χ4n) is 6.43. The zero-order valence-electron chi connectivity index (χ0n) is 27.6. The molecule has 8 nitrogen and oxygen atoms in total. The van der Waals surface area contributed by atoms with Crippen molar-refractivity contribution in [2.75, 3.05) is 0 Å². The summed E-state index contributed by atoms with van der Waals surface area (Å²) >= 11 is 1.67. The fourth-order valence-corrected chi connectivity index (χ4v) is 7.25. The summed E-state index contributed by atoms with van der Waals surface area (Å²) in [7, 11) is 0. The van der Waals surface area contributed by atoms with E-state index in [4.69, 9.17) is 9.68 Å². The van der Waals surface area contributed by atoms with Crippen molar-refractivity contribution in [3.05, 3.63) is 131 Å². The van der Waals surface area contributed by atoms with Crippen molar-refractivity contribution in [2.24, 2.45) is 22.1 Å². The first-order valence-electron chi connectivity index (χ1n) is 17.1. The van der Waals surface area contributed by atoms with E-state index in [0.717, 1.165) is 94.8 Å². The third-order valence-corrected chi connectivity index (χ3v) is 10.0. The molecule has 0 radical (unpaired) electrons. The summed E-state index contributed by atoms with van der Waals surface area (Å²) in [6, 6.07) is 36.0. The second-order valence-electron chi connectivity index (χ2n) is 12.5. The Morgan fingerprint density at radius 2 is 0.918 bits per heavy atom. The van der Waals surface area contributed by atoms with Gasteiger partial charge in [0.05, 0.1) is 11.4 Å². The van der Waals surface area contributed by atoms with Crippen LogP contribution in [0.5, 0.6) is 0 Å². The molecular weight excluding hydrogens is 633 g/mol. The molecule has 0 heterocycles. The third kappa shape index (κ3) is 10.1. The van der Waals surface area contributed by atoms with Crippen molar-refractivity contribution in [3.8, 4) is 0 Å². The van der Waals surface area contributed by atoms with E-state index in [1.165, 1.54) is 0 Å². The maximum Gasteiger partial charge on any atom is 0.433 e. The van der Waals surface area contributed by atoms with Crippen molar-refractivity contribution in [1.82, 2.24) is 10.6 Å². The standard InChI is InChI=1S/C40H42N4O4S/c45-39(41-27-29-11-3-1-4-12-29)47-43-37(31-15-7-8-16-31)33-19-23-35(24-20-33)49-36-25-21-34(22-26-36)38(32-17-9-10-18-32)44-48-40(46)42-28-30-13-5-2-6-14-30/h1-6,11-14,19-26,31-32H,7-10,15-18,27-28H2,(H,41,45)(H,42,46)/b43-37+,44-38+. The van der Waals surface area contributed by atoms with Gasteiger partial charge in [-0.15, -0.1) is 0 Å². The van der Waals surface area contributed by atoms with Gasteiger partial charge < -0.3 is 10.6 Å². The second kappa shape index (κ2) is 17.5. The predicted molar refractivity (Wildman–Crippen MR) is 194 cm³/mol. The van der Waals surface area contributed by atoms with Crippen LogP contribution in [0.25, 0.3) is 0 Å². The van der Waals surface area contributed by atoms with Crippen molar-refractivity contribution >= 4 is 35.4 Å². The van der Waals surface area contributed by atoms with Crippen LogP contribution in [-0.4, -0.2) is 23.6 Å². The maximum absolute atomic E-state index is 12.4. The highest BCUT2D eigenvalue weighted by Crippen LogP contribution is 2.33. The molecule has 0 unspecified atom stereocenters. The minimum absolute atomic E-state index is 0.266. The van der Waals surface area contributed by atoms with Crippen molar-refractivity contribution in [3.63, 3.8) is 0 Å². The minimum atomic E-state index is -0.561. The number of nitrogens with zero attached hydrogens (tertiary/aromatic N) is 2. The zero-order valence-corrected chi connectivity index (χ0v) is 28.4. The second-order valence-corrected chi connectivity index (χ2v) is 13.6. The fraction of sp³-hybridized carbons (Fsp3) is 0.300. The van der Waals surface area contributed by atoms with E-state index in [0.29, 0.717) is 13.1 Å². The lowest BCUT2D eigenvalue weighted by Crippen LogP contribution is -2.23. The van der Waals surface area contributed by atoms with Gasteiger partial charge in [0.1, 0.15) is 0 Å². The minimum Gasteiger partial charge on any atom is -0.316 e. The SMILES string of the molecule is O=C(NCc1ccccc1)O/N=C(/c1ccc(Sc2ccc(/C(=N/OC(=O)NCc3ccccc3)C3CCCC3)cc2)cc1)C1CCCC1. The van der Waals surface area contributed by atoms with Gasteiger partial charge in [-0.2, -0.15) is 0 Å². The van der Waals surface area contributed by atoms with Crippen LogP contribution in [0.4, 0.5) is 9.59 Å². The summed E-state index contributed by atoms with van der Waals surface area (Å²) in [6.07, 6.45) is 7.60. The molecule has 0 aliphatic heterocycles. The van der Waals surface area contributed by atoms with Crippen LogP contribution < -0.4 is 10.6 Å². The molecule has 4 aromatic rings. The summed E-state index contributed by atoms with van der Waals surface area (Å²) in [5.74, 6) is 0.533. The van der Waals surface area contributed by atoms with Crippen LogP contribution >= 0.6 is 11.8 Å². The molecule has 0 aromatic heterocycles. The first kappa shape index (κ1) is 34.0. The number of hydrogen-bond acceptors (Lipinski definition) is 7. The molecule has 2 saturated carbocycles. The Balaban J connectivity index is 1.07. The molecule has 0 atom stereocenters. The Morgan fingerprint density at radius 1 is 0.551 bits per heavy atom. The Hall–Kier alpha value is -4.89. The van der Waals surface area contributed by atoms with Gasteiger partial charge >= 0.3 is 12.2 Å². The number of nitrogens with one attached hydrogen (secondary N) is 2. The molecule has 2 amide bonds. The van der Waals surface area contributed by atoms with Gasteiger partial charge in [0.15, 0.2) is 0 Å². The lowest BCUT2D eigenvalue weighted by Gasteiger charge is -2.14. The van der Waals surface area contributed by atoms with Gasteiger partial charge in [-0.25, -0.2) is 9.59 Å².